The van der Waals surface area contributed by atoms with Crippen LogP contribution in [0.3, 0.4) is 0 Å². The lowest BCUT2D eigenvalue weighted by Gasteiger charge is -2.20. The van der Waals surface area contributed by atoms with Gasteiger partial charge in [-0.05, 0) is 69.2 Å². The molecule has 2 rings (SSSR count). The number of halogens is 1. The van der Waals surface area contributed by atoms with Crippen molar-refractivity contribution < 1.29 is 18.7 Å². The van der Waals surface area contributed by atoms with Crippen LogP contribution in [-0.2, 0) is 11.3 Å². The van der Waals surface area contributed by atoms with Crippen LogP contribution in [0.25, 0.3) is 0 Å². The lowest BCUT2D eigenvalue weighted by molar-refractivity contribution is 0.0523. The van der Waals surface area contributed by atoms with Crippen molar-refractivity contribution in [2.75, 3.05) is 5.73 Å². The van der Waals surface area contributed by atoms with Gasteiger partial charge in [-0.2, -0.15) is 0 Å². The van der Waals surface area contributed by atoms with E-state index < -0.39 is 17.5 Å². The van der Waals surface area contributed by atoms with Gasteiger partial charge >= 0.3 is 6.09 Å². The summed E-state index contributed by atoms with van der Waals surface area (Å²) in [5.74, 6) is 0.115. The van der Waals surface area contributed by atoms with Gasteiger partial charge in [0.15, 0.2) is 11.6 Å². The molecule has 0 radical (unpaired) electrons. The highest BCUT2D eigenvalue weighted by molar-refractivity contribution is 5.68. The predicted molar refractivity (Wildman–Crippen MR) is 95.1 cm³/mol. The Morgan fingerprint density at radius 1 is 1.20 bits per heavy atom. The van der Waals surface area contributed by atoms with Gasteiger partial charge in [-0.3, -0.25) is 0 Å². The molecule has 2 aromatic rings. The fourth-order valence-corrected chi connectivity index (χ4v) is 2.10. The van der Waals surface area contributed by atoms with Crippen molar-refractivity contribution in [2.24, 2.45) is 0 Å². The standard InChI is InChI=1S/C19H23FN2O3/c1-12-5-8-17(15(20)9-12)24-14-6-7-16(21)13(10-14)11-22-18(23)25-19(2,3)4/h5-10H,11,21H2,1-4H3,(H,22,23). The number of anilines is 1. The number of alkyl carbamates (subject to hydrolysis) is 1. The molecule has 0 aliphatic rings. The van der Waals surface area contributed by atoms with Crippen molar-refractivity contribution in [3.05, 3.63) is 53.3 Å². The van der Waals surface area contributed by atoms with Crippen LogP contribution in [-0.4, -0.2) is 11.7 Å². The molecule has 134 valence electrons. The molecule has 0 heterocycles. The molecule has 3 N–H and O–H groups in total. The van der Waals surface area contributed by atoms with Crippen LogP contribution in [0.5, 0.6) is 11.5 Å². The molecular weight excluding hydrogens is 323 g/mol. The van der Waals surface area contributed by atoms with Gasteiger partial charge in [-0.15, -0.1) is 0 Å². The van der Waals surface area contributed by atoms with Gasteiger partial charge in [0.25, 0.3) is 0 Å². The molecule has 0 unspecified atom stereocenters. The first-order valence-corrected chi connectivity index (χ1v) is 7.93. The second kappa shape index (κ2) is 7.42. The number of benzene rings is 2. The summed E-state index contributed by atoms with van der Waals surface area (Å²) in [5, 5.41) is 2.64. The molecule has 0 aromatic heterocycles. The number of hydrogen-bond acceptors (Lipinski definition) is 4. The third kappa shape index (κ3) is 5.67. The number of amides is 1. The van der Waals surface area contributed by atoms with Crippen LogP contribution in [0.15, 0.2) is 36.4 Å². The van der Waals surface area contributed by atoms with Crippen LogP contribution in [0, 0.1) is 12.7 Å². The highest BCUT2D eigenvalue weighted by Gasteiger charge is 2.16. The highest BCUT2D eigenvalue weighted by atomic mass is 19.1. The zero-order valence-electron chi connectivity index (χ0n) is 14.9. The van der Waals surface area contributed by atoms with E-state index in [1.54, 1.807) is 58.0 Å². The Hall–Kier alpha value is -2.76. The Kier molecular flexibility index (Phi) is 5.51. The molecule has 0 fully saturated rings. The molecule has 0 saturated carbocycles. The summed E-state index contributed by atoms with van der Waals surface area (Å²) < 4.78 is 24.7. The van der Waals surface area contributed by atoms with E-state index >= 15 is 0 Å². The van der Waals surface area contributed by atoms with Gasteiger partial charge in [-0.25, -0.2) is 9.18 Å². The number of carbonyl (C=O) groups excluding carboxylic acids is 1. The molecule has 0 bridgehead atoms. The van der Waals surface area contributed by atoms with E-state index in [1.165, 1.54) is 6.07 Å². The Labute approximate surface area is 146 Å². The second-order valence-electron chi connectivity index (χ2n) is 6.75. The van der Waals surface area contributed by atoms with Crippen molar-refractivity contribution in [1.29, 1.82) is 0 Å². The maximum absolute atomic E-state index is 13.9. The normalized spacial score (nSPS) is 11.1. The Morgan fingerprint density at radius 3 is 2.56 bits per heavy atom. The summed E-state index contributed by atoms with van der Waals surface area (Å²) in [7, 11) is 0. The molecule has 0 spiro atoms. The number of nitrogens with two attached hydrogens (primary N) is 1. The monoisotopic (exact) mass is 346 g/mol. The van der Waals surface area contributed by atoms with Crippen molar-refractivity contribution >= 4 is 11.8 Å². The largest absolute Gasteiger partial charge is 0.454 e. The zero-order chi connectivity index (χ0) is 18.6. The minimum absolute atomic E-state index is 0.126. The van der Waals surface area contributed by atoms with Gasteiger partial charge in [0, 0.05) is 12.2 Å². The molecule has 2 aromatic carbocycles. The molecule has 0 aliphatic heterocycles. The van der Waals surface area contributed by atoms with Crippen LogP contribution in [0.4, 0.5) is 14.9 Å². The van der Waals surface area contributed by atoms with Crippen LogP contribution < -0.4 is 15.8 Å². The quantitative estimate of drug-likeness (QED) is 0.798. The fourth-order valence-electron chi connectivity index (χ4n) is 2.10. The molecule has 25 heavy (non-hydrogen) atoms. The van der Waals surface area contributed by atoms with Gasteiger partial charge in [0.1, 0.15) is 11.4 Å². The number of nitrogen functional groups attached to an aromatic ring is 1. The Bertz CT molecular complexity index is 770. The average molecular weight is 346 g/mol. The minimum atomic E-state index is -0.580. The van der Waals surface area contributed by atoms with Gasteiger partial charge in [-0.1, -0.05) is 6.07 Å². The first kappa shape index (κ1) is 18.6. The van der Waals surface area contributed by atoms with Gasteiger partial charge in [0.05, 0.1) is 0 Å². The van der Waals surface area contributed by atoms with E-state index in [2.05, 4.69) is 5.32 Å². The van der Waals surface area contributed by atoms with Crippen LogP contribution >= 0.6 is 0 Å². The molecule has 0 atom stereocenters. The number of carbonyl (C=O) groups is 1. The van der Waals surface area contributed by atoms with Crippen molar-refractivity contribution in [1.82, 2.24) is 5.32 Å². The third-order valence-electron chi connectivity index (χ3n) is 3.25. The van der Waals surface area contributed by atoms with E-state index in [4.69, 9.17) is 15.2 Å². The van der Waals surface area contributed by atoms with E-state index in [-0.39, 0.29) is 12.3 Å². The van der Waals surface area contributed by atoms with E-state index in [0.717, 1.165) is 5.56 Å². The number of aryl methyl sites for hydroxylation is 1. The fraction of sp³-hybridized carbons (Fsp3) is 0.316. The summed E-state index contributed by atoms with van der Waals surface area (Å²) in [6, 6.07) is 9.68. The van der Waals surface area contributed by atoms with E-state index in [9.17, 15) is 9.18 Å². The van der Waals surface area contributed by atoms with Crippen molar-refractivity contribution in [3.8, 4) is 11.5 Å². The maximum atomic E-state index is 13.9. The second-order valence-corrected chi connectivity index (χ2v) is 6.75. The Balaban J connectivity index is 2.08. The number of nitrogens with one attached hydrogen (secondary N) is 1. The molecular formula is C19H23FN2O3. The summed E-state index contributed by atoms with van der Waals surface area (Å²) in [4.78, 5) is 11.7. The van der Waals surface area contributed by atoms with Gasteiger partial charge < -0.3 is 20.5 Å². The molecule has 0 saturated heterocycles. The van der Waals surface area contributed by atoms with Crippen molar-refractivity contribution in [2.45, 2.75) is 39.8 Å². The Morgan fingerprint density at radius 2 is 1.92 bits per heavy atom. The van der Waals surface area contributed by atoms with Gasteiger partial charge in [0.2, 0.25) is 0 Å². The third-order valence-corrected chi connectivity index (χ3v) is 3.25. The smallest absolute Gasteiger partial charge is 0.407 e. The SMILES string of the molecule is Cc1ccc(Oc2ccc(N)c(CNC(=O)OC(C)(C)C)c2)c(F)c1. The summed E-state index contributed by atoms with van der Waals surface area (Å²) in [6.45, 7) is 7.33. The molecule has 5 nitrogen and oxygen atoms in total. The summed E-state index contributed by atoms with van der Waals surface area (Å²) >= 11 is 0. The van der Waals surface area contributed by atoms with E-state index in [0.29, 0.717) is 17.0 Å². The first-order valence-electron chi connectivity index (χ1n) is 7.93. The number of ether oxygens (including phenoxy) is 2. The van der Waals surface area contributed by atoms with Crippen LogP contribution in [0.2, 0.25) is 0 Å². The summed E-state index contributed by atoms with van der Waals surface area (Å²) in [6.07, 6.45) is -0.539. The van der Waals surface area contributed by atoms with Crippen LogP contribution in [0.1, 0.15) is 31.9 Å². The average Bonchev–Trinajstić information content (AvgIpc) is 2.48. The van der Waals surface area contributed by atoms with Crippen molar-refractivity contribution in [3.63, 3.8) is 0 Å². The van der Waals surface area contributed by atoms with E-state index in [1.807, 2.05) is 0 Å². The highest BCUT2D eigenvalue weighted by Crippen LogP contribution is 2.27. The minimum Gasteiger partial charge on any atom is -0.454 e. The first-order chi connectivity index (χ1) is 11.6. The summed E-state index contributed by atoms with van der Waals surface area (Å²) in [5.41, 5.74) is 7.30. The number of hydrogen-bond donors (Lipinski definition) is 2. The molecule has 0 aliphatic carbocycles. The molecule has 6 heteroatoms. The lowest BCUT2D eigenvalue weighted by atomic mass is 10.1. The zero-order valence-corrected chi connectivity index (χ0v) is 14.9. The number of rotatable bonds is 4. The topological polar surface area (TPSA) is 73.6 Å². The predicted octanol–water partition coefficient (Wildman–Crippen LogP) is 4.53. The maximum Gasteiger partial charge on any atom is 0.407 e. The lowest BCUT2D eigenvalue weighted by Crippen LogP contribution is -2.32. The molecule has 1 amide bonds.